The Morgan fingerprint density at radius 2 is 2.05 bits per heavy atom. The summed E-state index contributed by atoms with van der Waals surface area (Å²) in [6.45, 7) is 4.75. The molecule has 0 atom stereocenters. The number of aromatic nitrogens is 2. The van der Waals surface area contributed by atoms with Crippen LogP contribution in [-0.2, 0) is 6.54 Å². The highest BCUT2D eigenvalue weighted by atomic mass is 19.1. The van der Waals surface area contributed by atoms with Crippen molar-refractivity contribution in [3.8, 4) is 11.4 Å². The van der Waals surface area contributed by atoms with Gasteiger partial charge in [-0.15, -0.1) is 0 Å². The molecule has 0 bridgehead atoms. The summed E-state index contributed by atoms with van der Waals surface area (Å²) in [7, 11) is 0. The summed E-state index contributed by atoms with van der Waals surface area (Å²) in [5, 5.41) is 0. The fourth-order valence-corrected chi connectivity index (χ4v) is 2.58. The molecule has 0 unspecified atom stereocenters. The van der Waals surface area contributed by atoms with Crippen molar-refractivity contribution in [1.82, 2.24) is 9.55 Å². The molecule has 4 heteroatoms. The molecule has 0 saturated heterocycles. The maximum Gasteiger partial charge on any atom is 0.151 e. The van der Waals surface area contributed by atoms with Crippen molar-refractivity contribution in [1.29, 1.82) is 0 Å². The molecular formula is C16H16FN3. The van der Waals surface area contributed by atoms with Crippen LogP contribution in [0.2, 0.25) is 0 Å². The summed E-state index contributed by atoms with van der Waals surface area (Å²) < 4.78 is 15.9. The van der Waals surface area contributed by atoms with E-state index < -0.39 is 0 Å². The molecule has 3 aromatic rings. The van der Waals surface area contributed by atoms with E-state index in [1.807, 2.05) is 42.7 Å². The first-order valence-corrected chi connectivity index (χ1v) is 6.63. The van der Waals surface area contributed by atoms with Gasteiger partial charge in [-0.25, -0.2) is 9.37 Å². The van der Waals surface area contributed by atoms with Gasteiger partial charge in [0.1, 0.15) is 11.3 Å². The Morgan fingerprint density at radius 1 is 1.25 bits per heavy atom. The Bertz CT molecular complexity index is 790. The number of para-hydroxylation sites is 1. The monoisotopic (exact) mass is 269 g/mol. The minimum Gasteiger partial charge on any atom is -0.399 e. The van der Waals surface area contributed by atoms with Crippen LogP contribution in [-0.4, -0.2) is 9.55 Å². The number of imidazole rings is 1. The van der Waals surface area contributed by atoms with Crippen molar-refractivity contribution in [3.05, 3.63) is 47.8 Å². The number of halogens is 1. The van der Waals surface area contributed by atoms with Gasteiger partial charge in [0.2, 0.25) is 0 Å². The normalized spacial score (nSPS) is 11.2. The predicted molar refractivity (Wildman–Crippen MR) is 80.0 cm³/mol. The van der Waals surface area contributed by atoms with Gasteiger partial charge in [-0.05, 0) is 49.7 Å². The van der Waals surface area contributed by atoms with Gasteiger partial charge >= 0.3 is 0 Å². The van der Waals surface area contributed by atoms with Crippen LogP contribution in [0, 0.1) is 12.7 Å². The predicted octanol–water partition coefficient (Wildman–Crippen LogP) is 3.75. The van der Waals surface area contributed by atoms with Gasteiger partial charge in [-0.1, -0.05) is 6.07 Å². The Labute approximate surface area is 116 Å². The van der Waals surface area contributed by atoms with Gasteiger partial charge in [0, 0.05) is 17.8 Å². The smallest absolute Gasteiger partial charge is 0.151 e. The summed E-state index contributed by atoms with van der Waals surface area (Å²) in [6, 6.07) is 10.7. The standard InChI is InChI=1S/C16H16FN3/c1-3-20-14-6-4-5-13(17)15(14)19-16(20)12-8-7-11(18)9-10(12)2/h4-9H,3,18H2,1-2H3. The first kappa shape index (κ1) is 12.7. The largest absolute Gasteiger partial charge is 0.399 e. The lowest BCUT2D eigenvalue weighted by Gasteiger charge is -2.09. The number of benzene rings is 2. The number of anilines is 1. The Morgan fingerprint density at radius 3 is 2.75 bits per heavy atom. The van der Waals surface area contributed by atoms with Gasteiger partial charge in [0.25, 0.3) is 0 Å². The summed E-state index contributed by atoms with van der Waals surface area (Å²) in [5.41, 5.74) is 9.76. The highest BCUT2D eigenvalue weighted by molar-refractivity contribution is 5.82. The van der Waals surface area contributed by atoms with Gasteiger partial charge in [-0.2, -0.15) is 0 Å². The van der Waals surface area contributed by atoms with Crippen LogP contribution in [0.1, 0.15) is 12.5 Å². The molecular weight excluding hydrogens is 253 g/mol. The summed E-state index contributed by atoms with van der Waals surface area (Å²) in [6.07, 6.45) is 0. The molecule has 0 radical (unpaired) electrons. The average molecular weight is 269 g/mol. The molecule has 0 fully saturated rings. The molecule has 1 heterocycles. The highest BCUT2D eigenvalue weighted by Crippen LogP contribution is 2.29. The molecule has 0 aliphatic rings. The zero-order valence-corrected chi connectivity index (χ0v) is 11.5. The van der Waals surface area contributed by atoms with E-state index in [-0.39, 0.29) is 5.82 Å². The second kappa shape index (κ2) is 4.63. The van der Waals surface area contributed by atoms with Gasteiger partial charge in [-0.3, -0.25) is 0 Å². The summed E-state index contributed by atoms with van der Waals surface area (Å²) in [5.74, 6) is 0.495. The highest BCUT2D eigenvalue weighted by Gasteiger charge is 2.15. The van der Waals surface area contributed by atoms with Crippen LogP contribution in [0.4, 0.5) is 10.1 Å². The van der Waals surface area contributed by atoms with Crippen LogP contribution in [0.5, 0.6) is 0 Å². The molecule has 0 aliphatic heterocycles. The number of fused-ring (bicyclic) bond motifs is 1. The van der Waals surface area contributed by atoms with Crippen LogP contribution < -0.4 is 5.73 Å². The van der Waals surface area contributed by atoms with Gasteiger partial charge < -0.3 is 10.3 Å². The Balaban J connectivity index is 2.33. The van der Waals surface area contributed by atoms with E-state index in [1.54, 1.807) is 6.07 Å². The van der Waals surface area contributed by atoms with E-state index in [9.17, 15) is 4.39 Å². The third-order valence-corrected chi connectivity index (χ3v) is 3.54. The minimum absolute atomic E-state index is 0.288. The molecule has 102 valence electrons. The molecule has 0 amide bonds. The zero-order valence-electron chi connectivity index (χ0n) is 11.5. The number of nitrogens with two attached hydrogens (primary N) is 1. The molecule has 0 aliphatic carbocycles. The van der Waals surface area contributed by atoms with Crippen molar-refractivity contribution >= 4 is 16.7 Å². The van der Waals surface area contributed by atoms with E-state index in [0.717, 1.165) is 34.7 Å². The zero-order chi connectivity index (χ0) is 14.3. The number of nitrogens with zero attached hydrogens (tertiary/aromatic N) is 2. The number of rotatable bonds is 2. The van der Waals surface area contributed by atoms with Crippen molar-refractivity contribution in [2.24, 2.45) is 0 Å². The first-order valence-electron chi connectivity index (χ1n) is 6.63. The lowest BCUT2D eigenvalue weighted by molar-refractivity contribution is 0.637. The third kappa shape index (κ3) is 1.84. The van der Waals surface area contributed by atoms with Crippen molar-refractivity contribution < 1.29 is 4.39 Å². The van der Waals surface area contributed by atoms with Crippen molar-refractivity contribution in [3.63, 3.8) is 0 Å². The van der Waals surface area contributed by atoms with E-state index in [0.29, 0.717) is 5.52 Å². The second-order valence-corrected chi connectivity index (χ2v) is 4.86. The molecule has 2 aromatic carbocycles. The van der Waals surface area contributed by atoms with Crippen LogP contribution in [0.3, 0.4) is 0 Å². The fourth-order valence-electron chi connectivity index (χ4n) is 2.58. The maximum atomic E-state index is 13.9. The fraction of sp³-hybridized carbons (Fsp3) is 0.188. The lowest BCUT2D eigenvalue weighted by Crippen LogP contribution is -1.99. The molecule has 0 spiro atoms. The van der Waals surface area contributed by atoms with E-state index >= 15 is 0 Å². The number of nitrogen functional groups attached to an aromatic ring is 1. The van der Waals surface area contributed by atoms with Gasteiger partial charge in [0.05, 0.1) is 5.52 Å². The number of aryl methyl sites for hydroxylation is 2. The van der Waals surface area contributed by atoms with Crippen molar-refractivity contribution in [2.45, 2.75) is 20.4 Å². The first-order chi connectivity index (χ1) is 9.61. The van der Waals surface area contributed by atoms with Crippen LogP contribution >= 0.6 is 0 Å². The SMILES string of the molecule is CCn1c(-c2ccc(N)cc2C)nc2c(F)cccc21. The minimum atomic E-state index is -0.288. The molecule has 2 N–H and O–H groups in total. The molecule has 20 heavy (non-hydrogen) atoms. The van der Waals surface area contributed by atoms with Crippen LogP contribution in [0.25, 0.3) is 22.4 Å². The topological polar surface area (TPSA) is 43.8 Å². The van der Waals surface area contributed by atoms with E-state index in [1.165, 1.54) is 6.07 Å². The summed E-state index contributed by atoms with van der Waals surface area (Å²) in [4.78, 5) is 4.49. The van der Waals surface area contributed by atoms with Crippen LogP contribution in [0.15, 0.2) is 36.4 Å². The molecule has 3 nitrogen and oxygen atoms in total. The van der Waals surface area contributed by atoms with Gasteiger partial charge in [0.15, 0.2) is 5.82 Å². The number of hydrogen-bond donors (Lipinski definition) is 1. The summed E-state index contributed by atoms with van der Waals surface area (Å²) >= 11 is 0. The Hall–Kier alpha value is -2.36. The third-order valence-electron chi connectivity index (χ3n) is 3.54. The quantitative estimate of drug-likeness (QED) is 0.720. The van der Waals surface area contributed by atoms with E-state index in [4.69, 9.17) is 5.73 Å². The maximum absolute atomic E-state index is 13.9. The lowest BCUT2D eigenvalue weighted by atomic mass is 10.1. The molecule has 3 rings (SSSR count). The Kier molecular flexibility index (Phi) is 2.93. The number of hydrogen-bond acceptors (Lipinski definition) is 2. The van der Waals surface area contributed by atoms with Crippen molar-refractivity contribution in [2.75, 3.05) is 5.73 Å². The second-order valence-electron chi connectivity index (χ2n) is 4.86. The average Bonchev–Trinajstić information content (AvgIpc) is 2.78. The molecule has 0 saturated carbocycles. The molecule has 1 aromatic heterocycles. The van der Waals surface area contributed by atoms with E-state index in [2.05, 4.69) is 4.98 Å².